The number of amides is 2. The number of fused-ring (bicyclic) bond motifs is 1. The number of benzene rings is 1. The highest BCUT2D eigenvalue weighted by molar-refractivity contribution is 5.93. The fourth-order valence-corrected chi connectivity index (χ4v) is 5.39. The Hall–Kier alpha value is -2.63. The highest BCUT2D eigenvalue weighted by Gasteiger charge is 2.55. The molecule has 0 bridgehead atoms. The fourth-order valence-electron chi connectivity index (χ4n) is 5.39. The van der Waals surface area contributed by atoms with Crippen LogP contribution in [0.15, 0.2) is 42.6 Å². The van der Waals surface area contributed by atoms with Gasteiger partial charge >= 0.3 is 0 Å². The number of rotatable bonds is 2. The van der Waals surface area contributed by atoms with Gasteiger partial charge in [0, 0.05) is 26.7 Å². The monoisotopic (exact) mass is 394 g/mol. The number of carbonyl (C=O) groups excluding carboxylic acids is 2. The highest BCUT2D eigenvalue weighted by atomic mass is 16.2. The molecule has 0 unspecified atom stereocenters. The lowest BCUT2D eigenvalue weighted by molar-refractivity contribution is -0.136. The van der Waals surface area contributed by atoms with Crippen LogP contribution in [0, 0.1) is 0 Å². The lowest BCUT2D eigenvalue weighted by Crippen LogP contribution is -2.58. The maximum Gasteiger partial charge on any atom is 0.272 e. The molecule has 0 aliphatic carbocycles. The summed E-state index contributed by atoms with van der Waals surface area (Å²) in [5.41, 5.74) is 1.34. The average Bonchev–Trinajstić information content (AvgIpc) is 3.24. The van der Waals surface area contributed by atoms with Crippen LogP contribution >= 0.6 is 0 Å². The molecule has 3 atom stereocenters. The SMILES string of the molecule is CC(=O)N1CCCCC[C@@H]2N(C(=O)c3ccnn3C)[C@H](c3ccccc3)C[C@@]21C. The summed E-state index contributed by atoms with van der Waals surface area (Å²) in [5, 5.41) is 4.21. The van der Waals surface area contributed by atoms with E-state index >= 15 is 0 Å². The zero-order valence-corrected chi connectivity index (χ0v) is 17.5. The number of carbonyl (C=O) groups is 2. The Bertz CT molecular complexity index is 893. The van der Waals surface area contributed by atoms with Crippen LogP contribution in [0.3, 0.4) is 0 Å². The third-order valence-electron chi connectivity index (χ3n) is 6.81. The molecule has 0 saturated carbocycles. The third kappa shape index (κ3) is 3.34. The molecule has 2 fully saturated rings. The minimum atomic E-state index is -0.374. The first-order chi connectivity index (χ1) is 13.9. The molecule has 2 saturated heterocycles. The van der Waals surface area contributed by atoms with E-state index in [1.54, 1.807) is 30.9 Å². The van der Waals surface area contributed by atoms with Crippen molar-refractivity contribution in [2.24, 2.45) is 7.05 Å². The lowest BCUT2D eigenvalue weighted by atomic mass is 9.83. The molecular weight excluding hydrogens is 364 g/mol. The van der Waals surface area contributed by atoms with Crippen molar-refractivity contribution in [3.05, 3.63) is 53.9 Å². The van der Waals surface area contributed by atoms with E-state index in [2.05, 4.69) is 24.2 Å². The third-order valence-corrected chi connectivity index (χ3v) is 6.81. The topological polar surface area (TPSA) is 58.4 Å². The van der Waals surface area contributed by atoms with Crippen molar-refractivity contribution in [3.63, 3.8) is 0 Å². The molecular formula is C23H30N4O2. The quantitative estimate of drug-likeness (QED) is 0.783. The Labute approximate surface area is 172 Å². The molecule has 1 aromatic carbocycles. The van der Waals surface area contributed by atoms with Crippen LogP contribution in [0.25, 0.3) is 0 Å². The molecule has 2 amide bonds. The van der Waals surface area contributed by atoms with Gasteiger partial charge < -0.3 is 9.80 Å². The number of hydrogen-bond acceptors (Lipinski definition) is 3. The van der Waals surface area contributed by atoms with Gasteiger partial charge in [0.15, 0.2) is 0 Å². The molecule has 6 heteroatoms. The van der Waals surface area contributed by atoms with Gasteiger partial charge in [-0.25, -0.2) is 0 Å². The number of hydrogen-bond donors (Lipinski definition) is 0. The Morgan fingerprint density at radius 2 is 1.86 bits per heavy atom. The number of aromatic nitrogens is 2. The van der Waals surface area contributed by atoms with Crippen molar-refractivity contribution >= 4 is 11.8 Å². The van der Waals surface area contributed by atoms with Crippen molar-refractivity contribution in [1.82, 2.24) is 19.6 Å². The van der Waals surface area contributed by atoms with E-state index in [0.717, 1.165) is 44.2 Å². The van der Waals surface area contributed by atoms with Gasteiger partial charge in [0.25, 0.3) is 5.91 Å². The maximum atomic E-state index is 13.7. The summed E-state index contributed by atoms with van der Waals surface area (Å²) in [5.74, 6) is 0.0951. The van der Waals surface area contributed by atoms with Crippen LogP contribution in [0.2, 0.25) is 0 Å². The lowest BCUT2D eigenvalue weighted by Gasteiger charge is -2.45. The van der Waals surface area contributed by atoms with E-state index in [1.807, 2.05) is 28.0 Å². The molecule has 2 aliphatic rings. The number of nitrogens with zero attached hydrogens (tertiary/aromatic N) is 4. The first kappa shape index (κ1) is 19.7. The molecule has 4 rings (SSSR count). The molecule has 0 N–H and O–H groups in total. The van der Waals surface area contributed by atoms with Crippen LogP contribution in [-0.2, 0) is 11.8 Å². The smallest absolute Gasteiger partial charge is 0.272 e. The van der Waals surface area contributed by atoms with Crippen LogP contribution in [0.5, 0.6) is 0 Å². The van der Waals surface area contributed by atoms with Gasteiger partial charge in [0.1, 0.15) is 5.69 Å². The summed E-state index contributed by atoms with van der Waals surface area (Å²) in [4.78, 5) is 30.4. The summed E-state index contributed by atoms with van der Waals surface area (Å²) in [6.45, 7) is 4.60. The molecule has 1 aromatic heterocycles. The summed E-state index contributed by atoms with van der Waals surface area (Å²) < 4.78 is 1.64. The highest BCUT2D eigenvalue weighted by Crippen LogP contribution is 2.48. The first-order valence-corrected chi connectivity index (χ1v) is 10.6. The molecule has 154 valence electrons. The maximum absolute atomic E-state index is 13.7. The van der Waals surface area contributed by atoms with Crippen LogP contribution < -0.4 is 0 Å². The molecule has 29 heavy (non-hydrogen) atoms. The zero-order chi connectivity index (χ0) is 20.6. The van der Waals surface area contributed by atoms with Crippen LogP contribution in [0.1, 0.15) is 68.0 Å². The van der Waals surface area contributed by atoms with Crippen LogP contribution in [0.4, 0.5) is 0 Å². The Morgan fingerprint density at radius 1 is 1.10 bits per heavy atom. The molecule has 2 aliphatic heterocycles. The minimum Gasteiger partial charge on any atom is -0.335 e. The summed E-state index contributed by atoms with van der Waals surface area (Å²) in [6, 6.07) is 11.9. The Kier molecular flexibility index (Phi) is 5.19. The second-order valence-corrected chi connectivity index (χ2v) is 8.58. The number of aryl methyl sites for hydroxylation is 1. The minimum absolute atomic E-state index is 0.00310. The normalized spacial score (nSPS) is 27.3. The summed E-state index contributed by atoms with van der Waals surface area (Å²) >= 11 is 0. The van der Waals surface area contributed by atoms with Gasteiger partial charge in [-0.3, -0.25) is 14.3 Å². The van der Waals surface area contributed by atoms with Gasteiger partial charge in [-0.05, 0) is 37.8 Å². The molecule has 0 radical (unpaired) electrons. The van der Waals surface area contributed by atoms with E-state index in [4.69, 9.17) is 0 Å². The second-order valence-electron chi connectivity index (χ2n) is 8.58. The predicted octanol–water partition coefficient (Wildman–Crippen LogP) is 3.56. The molecule has 2 aromatic rings. The molecule has 3 heterocycles. The predicted molar refractivity (Wildman–Crippen MR) is 111 cm³/mol. The van der Waals surface area contributed by atoms with E-state index in [0.29, 0.717) is 5.69 Å². The Balaban J connectivity index is 1.83. The number of likely N-dealkylation sites (tertiary alicyclic amines) is 2. The van der Waals surface area contributed by atoms with Gasteiger partial charge in [-0.2, -0.15) is 5.10 Å². The first-order valence-electron chi connectivity index (χ1n) is 10.6. The van der Waals surface area contributed by atoms with Crippen molar-refractivity contribution in [2.75, 3.05) is 6.54 Å². The zero-order valence-electron chi connectivity index (χ0n) is 17.5. The van der Waals surface area contributed by atoms with E-state index in [9.17, 15) is 9.59 Å². The van der Waals surface area contributed by atoms with E-state index < -0.39 is 0 Å². The summed E-state index contributed by atoms with van der Waals surface area (Å²) in [6.07, 6.45) is 6.51. The standard InChI is InChI=1S/C23H30N4O2/c1-17(28)26-15-9-5-8-12-21-23(26,2)16-20(18-10-6-4-7-11-18)27(21)22(29)19-13-14-24-25(19)3/h4,6-7,10-11,13-14,20-21H,5,8-9,12,15-16H2,1-3H3/t20-,21-,23-/m0/s1. The van der Waals surface area contributed by atoms with Crippen molar-refractivity contribution in [1.29, 1.82) is 0 Å². The van der Waals surface area contributed by atoms with Gasteiger partial charge in [-0.15, -0.1) is 0 Å². The average molecular weight is 395 g/mol. The summed E-state index contributed by atoms with van der Waals surface area (Å²) in [7, 11) is 1.81. The van der Waals surface area contributed by atoms with Gasteiger partial charge in [0.05, 0.1) is 17.6 Å². The molecule has 6 nitrogen and oxygen atoms in total. The van der Waals surface area contributed by atoms with Gasteiger partial charge in [0.2, 0.25) is 5.91 Å². The largest absolute Gasteiger partial charge is 0.335 e. The van der Waals surface area contributed by atoms with Gasteiger partial charge in [-0.1, -0.05) is 43.2 Å². The van der Waals surface area contributed by atoms with Crippen molar-refractivity contribution in [3.8, 4) is 0 Å². The van der Waals surface area contributed by atoms with E-state index in [-0.39, 0.29) is 29.4 Å². The Morgan fingerprint density at radius 3 is 2.52 bits per heavy atom. The van der Waals surface area contributed by atoms with Crippen molar-refractivity contribution < 1.29 is 9.59 Å². The van der Waals surface area contributed by atoms with E-state index in [1.165, 1.54) is 0 Å². The molecule has 0 spiro atoms. The van der Waals surface area contributed by atoms with Crippen molar-refractivity contribution in [2.45, 2.75) is 63.6 Å². The van der Waals surface area contributed by atoms with Crippen LogP contribution in [-0.4, -0.2) is 49.5 Å². The second kappa shape index (κ2) is 7.65. The fraction of sp³-hybridized carbons (Fsp3) is 0.522.